The third kappa shape index (κ3) is 6.43. The predicted molar refractivity (Wildman–Crippen MR) is 109 cm³/mol. The maximum Gasteiger partial charge on any atom is 0.241 e. The van der Waals surface area contributed by atoms with Crippen LogP contribution in [0.2, 0.25) is 0 Å². The molecule has 27 heavy (non-hydrogen) atoms. The van der Waals surface area contributed by atoms with Crippen LogP contribution in [0.1, 0.15) is 44.1 Å². The number of anilines is 2. The van der Waals surface area contributed by atoms with Crippen molar-refractivity contribution in [2.45, 2.75) is 45.1 Å². The minimum atomic E-state index is 0.285. The number of hydrogen-bond acceptors (Lipinski definition) is 6. The van der Waals surface area contributed by atoms with Crippen LogP contribution in [0.15, 0.2) is 24.3 Å². The fourth-order valence-electron chi connectivity index (χ4n) is 3.48. The summed E-state index contributed by atoms with van der Waals surface area (Å²) < 4.78 is 7.57. The van der Waals surface area contributed by atoms with E-state index in [2.05, 4.69) is 38.5 Å². The Bertz CT molecular complexity index is 694. The summed E-state index contributed by atoms with van der Waals surface area (Å²) in [7, 11) is 1.82. The highest BCUT2D eigenvalue weighted by Gasteiger charge is 2.09. The van der Waals surface area contributed by atoms with Crippen LogP contribution in [0.4, 0.5) is 11.9 Å². The number of nitrogen functional groups attached to an aromatic ring is 1. The van der Waals surface area contributed by atoms with Crippen LogP contribution in [0.5, 0.6) is 5.75 Å². The van der Waals surface area contributed by atoms with Crippen molar-refractivity contribution in [1.82, 2.24) is 19.7 Å². The van der Waals surface area contributed by atoms with Crippen molar-refractivity contribution in [3.63, 3.8) is 0 Å². The Balaban J connectivity index is 1.40. The van der Waals surface area contributed by atoms with Gasteiger partial charge in [-0.1, -0.05) is 31.4 Å². The van der Waals surface area contributed by atoms with Crippen molar-refractivity contribution in [3.05, 3.63) is 29.8 Å². The van der Waals surface area contributed by atoms with Gasteiger partial charge in [0.15, 0.2) is 0 Å². The quantitative estimate of drug-likeness (QED) is 0.693. The Labute approximate surface area is 161 Å². The summed E-state index contributed by atoms with van der Waals surface area (Å²) in [5, 5.41) is 7.23. The molecule has 7 heteroatoms. The van der Waals surface area contributed by atoms with Crippen molar-refractivity contribution in [1.29, 1.82) is 0 Å². The molecule has 1 aromatic heterocycles. The van der Waals surface area contributed by atoms with Gasteiger partial charge in [-0.2, -0.15) is 4.98 Å². The molecule has 1 aromatic carbocycles. The number of hydrogen-bond donors (Lipinski definition) is 2. The van der Waals surface area contributed by atoms with Gasteiger partial charge in [0.05, 0.1) is 6.61 Å². The Kier molecular flexibility index (Phi) is 7.33. The van der Waals surface area contributed by atoms with Gasteiger partial charge in [-0.25, -0.2) is 4.68 Å². The Morgan fingerprint density at radius 2 is 1.93 bits per heavy atom. The van der Waals surface area contributed by atoms with Crippen LogP contribution in [-0.2, 0) is 13.6 Å². The lowest BCUT2D eigenvalue weighted by molar-refractivity contribution is 0.239. The maximum absolute atomic E-state index is 5.93. The molecule has 0 amide bonds. The first-order valence-electron chi connectivity index (χ1n) is 10.1. The van der Waals surface area contributed by atoms with Crippen LogP contribution in [0, 0.1) is 0 Å². The number of nitrogens with one attached hydrogen (secondary N) is 1. The largest absolute Gasteiger partial charge is 0.494 e. The van der Waals surface area contributed by atoms with E-state index < -0.39 is 0 Å². The number of likely N-dealkylation sites (tertiary alicyclic amines) is 1. The molecule has 2 aromatic rings. The number of rotatable bonds is 8. The molecule has 0 unspecified atom stereocenters. The van der Waals surface area contributed by atoms with Gasteiger partial charge >= 0.3 is 0 Å². The first kappa shape index (κ1) is 19.5. The lowest BCUT2D eigenvalue weighted by Crippen LogP contribution is -2.26. The van der Waals surface area contributed by atoms with E-state index >= 15 is 0 Å². The summed E-state index contributed by atoms with van der Waals surface area (Å²) in [5.41, 5.74) is 6.91. The van der Waals surface area contributed by atoms with Gasteiger partial charge in [-0.15, -0.1) is 5.10 Å². The summed E-state index contributed by atoms with van der Waals surface area (Å²) >= 11 is 0. The molecular formula is C20H32N6O. The maximum atomic E-state index is 5.93. The van der Waals surface area contributed by atoms with E-state index in [1.54, 1.807) is 4.68 Å². The topological polar surface area (TPSA) is 81.2 Å². The normalized spacial score (nSPS) is 15.9. The molecule has 1 fully saturated rings. The molecule has 7 nitrogen and oxygen atoms in total. The van der Waals surface area contributed by atoms with Crippen molar-refractivity contribution >= 4 is 11.9 Å². The summed E-state index contributed by atoms with van der Waals surface area (Å²) in [5.74, 6) is 1.92. The Morgan fingerprint density at radius 1 is 1.15 bits per heavy atom. The molecule has 0 bridgehead atoms. The SMILES string of the molecule is Cn1nc(N)nc1NCCCOc1cccc(CN2CCCCCCC2)c1. The van der Waals surface area contributed by atoms with E-state index in [1.807, 2.05) is 13.1 Å². The lowest BCUT2D eigenvalue weighted by atomic mass is 10.1. The molecule has 0 aliphatic carbocycles. The second-order valence-electron chi connectivity index (χ2n) is 7.24. The molecule has 0 spiro atoms. The van der Waals surface area contributed by atoms with E-state index in [9.17, 15) is 0 Å². The fraction of sp³-hybridized carbons (Fsp3) is 0.600. The Morgan fingerprint density at radius 3 is 2.67 bits per heavy atom. The van der Waals surface area contributed by atoms with Gasteiger partial charge in [0.1, 0.15) is 5.75 Å². The van der Waals surface area contributed by atoms with Crippen molar-refractivity contribution in [2.24, 2.45) is 7.05 Å². The summed E-state index contributed by atoms with van der Waals surface area (Å²) in [6, 6.07) is 8.50. The molecule has 148 valence electrons. The molecule has 0 radical (unpaired) electrons. The first-order valence-corrected chi connectivity index (χ1v) is 10.1. The van der Waals surface area contributed by atoms with Crippen LogP contribution >= 0.6 is 0 Å². The van der Waals surface area contributed by atoms with E-state index in [-0.39, 0.29) is 5.95 Å². The Hall–Kier alpha value is -2.28. The number of nitrogens with zero attached hydrogens (tertiary/aromatic N) is 4. The van der Waals surface area contributed by atoms with Gasteiger partial charge in [0.25, 0.3) is 0 Å². The van der Waals surface area contributed by atoms with E-state index in [0.717, 1.165) is 25.3 Å². The predicted octanol–water partition coefficient (Wildman–Crippen LogP) is 3.04. The van der Waals surface area contributed by atoms with E-state index in [4.69, 9.17) is 10.5 Å². The van der Waals surface area contributed by atoms with Gasteiger partial charge in [-0.3, -0.25) is 4.90 Å². The highest BCUT2D eigenvalue weighted by atomic mass is 16.5. The fourth-order valence-corrected chi connectivity index (χ4v) is 3.48. The van der Waals surface area contributed by atoms with Crippen LogP contribution < -0.4 is 15.8 Å². The molecular weight excluding hydrogens is 340 g/mol. The average molecular weight is 373 g/mol. The third-order valence-electron chi connectivity index (χ3n) is 4.91. The molecule has 1 saturated heterocycles. The number of ether oxygens (including phenoxy) is 1. The highest BCUT2D eigenvalue weighted by molar-refractivity contribution is 5.31. The minimum Gasteiger partial charge on any atom is -0.494 e. The second-order valence-corrected chi connectivity index (χ2v) is 7.24. The van der Waals surface area contributed by atoms with Gasteiger partial charge in [0.2, 0.25) is 11.9 Å². The monoisotopic (exact) mass is 372 g/mol. The van der Waals surface area contributed by atoms with E-state index in [1.165, 1.54) is 50.8 Å². The molecule has 3 rings (SSSR count). The zero-order chi connectivity index (χ0) is 18.9. The molecule has 0 saturated carbocycles. The molecule has 3 N–H and O–H groups in total. The smallest absolute Gasteiger partial charge is 0.241 e. The summed E-state index contributed by atoms with van der Waals surface area (Å²) in [6.45, 7) is 4.87. The summed E-state index contributed by atoms with van der Waals surface area (Å²) in [4.78, 5) is 6.70. The van der Waals surface area contributed by atoms with Crippen LogP contribution in [0.3, 0.4) is 0 Å². The van der Waals surface area contributed by atoms with Crippen LogP contribution in [0.25, 0.3) is 0 Å². The second kappa shape index (κ2) is 10.2. The molecule has 1 aliphatic heterocycles. The van der Waals surface area contributed by atoms with Gasteiger partial charge in [0, 0.05) is 20.1 Å². The standard InChI is InChI=1S/C20H32N6O/c1-25-20(23-19(21)24-25)22-11-8-14-27-18-10-7-9-17(15-18)16-26-12-5-3-2-4-6-13-26/h7,9-10,15H,2-6,8,11-14,16H2,1H3,(H3,21,22,23,24). The van der Waals surface area contributed by atoms with E-state index in [0.29, 0.717) is 12.6 Å². The average Bonchev–Trinajstić information content (AvgIpc) is 2.95. The highest BCUT2D eigenvalue weighted by Crippen LogP contribution is 2.17. The molecule has 2 heterocycles. The van der Waals surface area contributed by atoms with Crippen molar-refractivity contribution in [2.75, 3.05) is 37.3 Å². The summed E-state index contributed by atoms with van der Waals surface area (Å²) in [6.07, 6.45) is 7.66. The van der Waals surface area contributed by atoms with Gasteiger partial charge in [-0.05, 0) is 50.0 Å². The third-order valence-corrected chi connectivity index (χ3v) is 4.91. The first-order chi connectivity index (χ1) is 13.2. The minimum absolute atomic E-state index is 0.285. The van der Waals surface area contributed by atoms with Gasteiger partial charge < -0.3 is 15.8 Å². The number of aryl methyl sites for hydroxylation is 1. The number of aromatic nitrogens is 3. The molecule has 0 atom stereocenters. The zero-order valence-corrected chi connectivity index (χ0v) is 16.4. The number of benzene rings is 1. The lowest BCUT2D eigenvalue weighted by Gasteiger charge is -2.24. The molecule has 1 aliphatic rings. The van der Waals surface area contributed by atoms with Crippen molar-refractivity contribution in [3.8, 4) is 5.75 Å². The van der Waals surface area contributed by atoms with Crippen molar-refractivity contribution < 1.29 is 4.74 Å². The zero-order valence-electron chi connectivity index (χ0n) is 16.4. The number of nitrogens with two attached hydrogens (primary N) is 1. The van der Waals surface area contributed by atoms with Crippen LogP contribution in [-0.4, -0.2) is 45.9 Å².